The number of benzene rings is 1. The van der Waals surface area contributed by atoms with Gasteiger partial charge in [-0.2, -0.15) is 13.2 Å². The molecule has 4 nitrogen and oxygen atoms in total. The molecule has 0 saturated carbocycles. The molecule has 0 radical (unpaired) electrons. The summed E-state index contributed by atoms with van der Waals surface area (Å²) in [4.78, 5) is 10.9. The highest BCUT2D eigenvalue weighted by Crippen LogP contribution is 2.21. The van der Waals surface area contributed by atoms with Crippen molar-refractivity contribution in [1.29, 1.82) is 0 Å². The molecule has 0 N–H and O–H groups in total. The fourth-order valence-electron chi connectivity index (χ4n) is 1.30. The predicted molar refractivity (Wildman–Crippen MR) is 51.7 cm³/mol. The molecule has 2 aromatic rings. The van der Waals surface area contributed by atoms with Gasteiger partial charge in [0.15, 0.2) is 11.5 Å². The van der Waals surface area contributed by atoms with Crippen LogP contribution in [-0.4, -0.2) is 27.0 Å². The van der Waals surface area contributed by atoms with Crippen molar-refractivity contribution in [2.75, 3.05) is 0 Å². The number of rotatable bonds is 2. The third kappa shape index (κ3) is 2.59. The van der Waals surface area contributed by atoms with Gasteiger partial charge in [-0.15, -0.1) is 5.10 Å². The lowest BCUT2D eigenvalue weighted by atomic mass is 10.3. The molecule has 1 heterocycles. The number of halogens is 5. The van der Waals surface area contributed by atoms with Crippen molar-refractivity contribution in [2.24, 2.45) is 0 Å². The van der Waals surface area contributed by atoms with Gasteiger partial charge in [-0.25, -0.2) is 13.5 Å². The number of ketones is 1. The summed E-state index contributed by atoms with van der Waals surface area (Å²) < 4.78 is 63.0. The lowest BCUT2D eigenvalue weighted by Crippen LogP contribution is -2.23. The Hall–Kier alpha value is -2.32. The normalized spacial score (nSPS) is 11.6. The summed E-state index contributed by atoms with van der Waals surface area (Å²) in [5.41, 5.74) is -1.30. The Bertz CT molecular complexity index is 634. The van der Waals surface area contributed by atoms with Gasteiger partial charge >= 0.3 is 6.18 Å². The first-order valence-corrected chi connectivity index (χ1v) is 4.78. The summed E-state index contributed by atoms with van der Waals surface area (Å²) in [6.07, 6.45) is -4.48. The molecule has 0 unspecified atom stereocenters. The van der Waals surface area contributed by atoms with Gasteiger partial charge in [0.2, 0.25) is 0 Å². The van der Waals surface area contributed by atoms with Crippen LogP contribution in [0.4, 0.5) is 22.0 Å². The van der Waals surface area contributed by atoms with E-state index < -0.39 is 29.3 Å². The minimum Gasteiger partial charge on any atom is -0.282 e. The first-order chi connectivity index (χ1) is 8.79. The Balaban J connectivity index is 2.39. The first kappa shape index (κ1) is 13.1. The van der Waals surface area contributed by atoms with Crippen molar-refractivity contribution in [3.63, 3.8) is 0 Å². The van der Waals surface area contributed by atoms with Crippen LogP contribution < -0.4 is 0 Å². The zero-order valence-electron chi connectivity index (χ0n) is 8.95. The summed E-state index contributed by atoms with van der Waals surface area (Å²) in [6, 6.07) is 2.38. The molecule has 0 aliphatic rings. The molecule has 1 aromatic carbocycles. The Morgan fingerprint density at radius 2 is 1.89 bits per heavy atom. The molecule has 0 atom stereocenters. The van der Waals surface area contributed by atoms with Crippen LogP contribution >= 0.6 is 0 Å². The second kappa shape index (κ2) is 4.41. The summed E-state index contributed by atoms with van der Waals surface area (Å²) >= 11 is 0. The molecule has 100 valence electrons. The van der Waals surface area contributed by atoms with Crippen molar-refractivity contribution < 1.29 is 26.7 Å². The van der Waals surface area contributed by atoms with Crippen molar-refractivity contribution in [3.8, 4) is 5.69 Å². The SMILES string of the molecule is O=C(c1cn(-c2ccc(F)cc2F)nn1)C(F)(F)F. The van der Waals surface area contributed by atoms with Crippen LogP contribution in [0.5, 0.6) is 0 Å². The lowest BCUT2D eigenvalue weighted by Gasteiger charge is -2.02. The van der Waals surface area contributed by atoms with Crippen LogP contribution in [0.15, 0.2) is 24.4 Å². The molecule has 0 bridgehead atoms. The maximum absolute atomic E-state index is 13.3. The summed E-state index contributed by atoms with van der Waals surface area (Å²) in [5, 5.41) is 6.20. The van der Waals surface area contributed by atoms with E-state index in [1.54, 1.807) is 0 Å². The van der Waals surface area contributed by atoms with Crippen molar-refractivity contribution in [2.45, 2.75) is 6.18 Å². The van der Waals surface area contributed by atoms with Gasteiger partial charge in [0.1, 0.15) is 11.5 Å². The van der Waals surface area contributed by atoms with Crippen LogP contribution in [0.3, 0.4) is 0 Å². The third-order valence-corrected chi connectivity index (χ3v) is 2.14. The minimum atomic E-state index is -5.10. The van der Waals surface area contributed by atoms with Crippen LogP contribution in [-0.2, 0) is 0 Å². The Labute approximate surface area is 102 Å². The highest BCUT2D eigenvalue weighted by Gasteiger charge is 2.41. The smallest absolute Gasteiger partial charge is 0.282 e. The zero-order chi connectivity index (χ0) is 14.2. The summed E-state index contributed by atoms with van der Waals surface area (Å²) in [6.45, 7) is 0. The quantitative estimate of drug-likeness (QED) is 0.625. The van der Waals surface area contributed by atoms with Crippen LogP contribution in [0.1, 0.15) is 10.5 Å². The maximum atomic E-state index is 13.3. The molecule has 0 aliphatic heterocycles. The number of aromatic nitrogens is 3. The van der Waals surface area contributed by atoms with Crippen LogP contribution in [0, 0.1) is 11.6 Å². The fourth-order valence-corrected chi connectivity index (χ4v) is 1.30. The second-order valence-corrected chi connectivity index (χ2v) is 3.47. The van der Waals surface area contributed by atoms with E-state index in [1.807, 2.05) is 0 Å². The van der Waals surface area contributed by atoms with Crippen LogP contribution in [0.25, 0.3) is 5.69 Å². The molecule has 9 heteroatoms. The molecule has 0 saturated heterocycles. The van der Waals surface area contributed by atoms with E-state index in [0.29, 0.717) is 16.9 Å². The van der Waals surface area contributed by atoms with Gasteiger partial charge < -0.3 is 0 Å². The average Bonchev–Trinajstić information content (AvgIpc) is 2.75. The Kier molecular flexibility index (Phi) is 3.05. The second-order valence-electron chi connectivity index (χ2n) is 3.47. The van der Waals surface area contributed by atoms with Crippen molar-refractivity contribution >= 4 is 5.78 Å². The Morgan fingerprint density at radius 1 is 1.21 bits per heavy atom. The topological polar surface area (TPSA) is 47.8 Å². The highest BCUT2D eigenvalue weighted by molar-refractivity contribution is 5.98. The van der Waals surface area contributed by atoms with Crippen LogP contribution in [0.2, 0.25) is 0 Å². The molecule has 19 heavy (non-hydrogen) atoms. The van der Waals surface area contributed by atoms with E-state index in [2.05, 4.69) is 10.3 Å². The van der Waals surface area contributed by atoms with Crippen molar-refractivity contribution in [1.82, 2.24) is 15.0 Å². The number of carbonyl (C=O) groups excluding carboxylic acids is 1. The summed E-state index contributed by atoms with van der Waals surface area (Å²) in [7, 11) is 0. The molecular formula is C10H4F5N3O. The number of Topliss-reactive ketones (excluding diaryl/α,β-unsaturated/α-hetero) is 1. The molecule has 0 aliphatic carbocycles. The standard InChI is InChI=1S/C10H4F5N3O/c11-5-1-2-8(6(12)3-5)18-4-7(16-17-18)9(19)10(13,14)15/h1-4H. The molecule has 0 spiro atoms. The molecule has 2 rings (SSSR count). The fraction of sp³-hybridized carbons (Fsp3) is 0.100. The zero-order valence-corrected chi connectivity index (χ0v) is 8.95. The number of hydrogen-bond acceptors (Lipinski definition) is 3. The van der Waals surface area contributed by atoms with E-state index in [1.165, 1.54) is 0 Å². The lowest BCUT2D eigenvalue weighted by molar-refractivity contribution is -0.0888. The third-order valence-electron chi connectivity index (χ3n) is 2.14. The van der Waals surface area contributed by atoms with Gasteiger partial charge in [-0.05, 0) is 12.1 Å². The number of nitrogens with zero attached hydrogens (tertiary/aromatic N) is 3. The number of alkyl halides is 3. The highest BCUT2D eigenvalue weighted by atomic mass is 19.4. The Morgan fingerprint density at radius 3 is 2.47 bits per heavy atom. The van der Waals surface area contributed by atoms with Crippen molar-refractivity contribution in [3.05, 3.63) is 41.7 Å². The minimum absolute atomic E-state index is 0.324. The molecule has 0 fully saturated rings. The van der Waals surface area contributed by atoms with E-state index in [-0.39, 0.29) is 5.69 Å². The monoisotopic (exact) mass is 277 g/mol. The largest absolute Gasteiger partial charge is 0.456 e. The van der Waals surface area contributed by atoms with E-state index >= 15 is 0 Å². The maximum Gasteiger partial charge on any atom is 0.456 e. The predicted octanol–water partition coefficient (Wildman–Crippen LogP) is 2.29. The molecule has 1 aromatic heterocycles. The first-order valence-electron chi connectivity index (χ1n) is 4.78. The van der Waals surface area contributed by atoms with Gasteiger partial charge in [0.05, 0.1) is 6.20 Å². The number of carbonyl (C=O) groups is 1. The van der Waals surface area contributed by atoms with Gasteiger partial charge in [0.25, 0.3) is 5.78 Å². The van der Waals surface area contributed by atoms with Gasteiger partial charge in [0, 0.05) is 6.07 Å². The van der Waals surface area contributed by atoms with E-state index in [4.69, 9.17) is 0 Å². The number of hydrogen-bond donors (Lipinski definition) is 0. The van der Waals surface area contributed by atoms with E-state index in [9.17, 15) is 26.7 Å². The van der Waals surface area contributed by atoms with E-state index in [0.717, 1.165) is 12.1 Å². The molecular weight excluding hydrogens is 273 g/mol. The summed E-state index contributed by atoms with van der Waals surface area (Å²) in [5.74, 6) is -4.09. The average molecular weight is 277 g/mol. The van der Waals surface area contributed by atoms with Gasteiger partial charge in [-0.1, -0.05) is 5.21 Å². The molecule has 0 amide bonds. The van der Waals surface area contributed by atoms with Gasteiger partial charge in [-0.3, -0.25) is 4.79 Å².